The van der Waals surface area contributed by atoms with Gasteiger partial charge in [0.05, 0.1) is 17.4 Å². The number of anilines is 1. The van der Waals surface area contributed by atoms with Crippen LogP contribution >= 0.6 is 0 Å². The predicted molar refractivity (Wildman–Crippen MR) is 96.8 cm³/mol. The van der Waals surface area contributed by atoms with Crippen molar-refractivity contribution in [1.29, 1.82) is 0 Å². The SMILES string of the molecule is Oc1ccccc1/C=N/C1=NN(c2cnc3ccccc3c2)CC1. The Morgan fingerprint density at radius 2 is 1.92 bits per heavy atom. The number of hydrazone groups is 1. The average molecular weight is 316 g/mol. The number of benzene rings is 2. The zero-order valence-corrected chi connectivity index (χ0v) is 13.0. The van der Waals surface area contributed by atoms with Crippen LogP contribution in [0, 0.1) is 0 Å². The molecule has 24 heavy (non-hydrogen) atoms. The Morgan fingerprint density at radius 3 is 2.83 bits per heavy atom. The van der Waals surface area contributed by atoms with Crippen LogP contribution in [0.1, 0.15) is 12.0 Å². The summed E-state index contributed by atoms with van der Waals surface area (Å²) in [6, 6.07) is 17.2. The number of para-hydroxylation sites is 2. The van der Waals surface area contributed by atoms with Crippen molar-refractivity contribution in [2.75, 3.05) is 11.6 Å². The van der Waals surface area contributed by atoms with Gasteiger partial charge in [0.2, 0.25) is 0 Å². The number of hydrogen-bond acceptors (Lipinski definition) is 5. The number of fused-ring (bicyclic) bond motifs is 1. The van der Waals surface area contributed by atoms with Crippen molar-refractivity contribution in [3.63, 3.8) is 0 Å². The summed E-state index contributed by atoms with van der Waals surface area (Å²) in [6.45, 7) is 0.771. The van der Waals surface area contributed by atoms with E-state index < -0.39 is 0 Å². The number of pyridine rings is 1. The Morgan fingerprint density at radius 1 is 1.08 bits per heavy atom. The molecule has 0 saturated heterocycles. The number of nitrogens with zero attached hydrogens (tertiary/aromatic N) is 4. The Bertz CT molecular complexity index is 949. The van der Waals surface area contributed by atoms with Gasteiger partial charge in [-0.05, 0) is 24.3 Å². The van der Waals surface area contributed by atoms with Gasteiger partial charge in [-0.15, -0.1) is 0 Å². The number of phenolic OH excluding ortho intramolecular Hbond substituents is 1. The number of aliphatic imine (C=N–C) groups is 1. The van der Waals surface area contributed by atoms with E-state index in [1.54, 1.807) is 18.3 Å². The molecule has 0 saturated carbocycles. The minimum atomic E-state index is 0.218. The lowest BCUT2D eigenvalue weighted by Gasteiger charge is -2.13. The molecular formula is C19H16N4O. The molecule has 2 heterocycles. The standard InChI is InChI=1S/C19H16N4O/c24-18-8-4-2-6-15(18)12-21-19-9-10-23(22-19)16-11-14-5-1-3-7-17(14)20-13-16/h1-8,11-13,24H,9-10H2/b21-12+. The molecule has 0 fully saturated rings. The fraction of sp³-hybridized carbons (Fsp3) is 0.105. The average Bonchev–Trinajstić information content (AvgIpc) is 3.10. The minimum absolute atomic E-state index is 0.218. The van der Waals surface area contributed by atoms with Gasteiger partial charge >= 0.3 is 0 Å². The number of hydrogen-bond donors (Lipinski definition) is 1. The molecule has 1 aromatic heterocycles. The summed E-state index contributed by atoms with van der Waals surface area (Å²) >= 11 is 0. The summed E-state index contributed by atoms with van der Waals surface area (Å²) in [7, 11) is 0. The first-order chi connectivity index (χ1) is 11.8. The normalized spacial score (nSPS) is 14.5. The third-order valence-electron chi connectivity index (χ3n) is 3.95. The molecule has 2 aromatic carbocycles. The largest absolute Gasteiger partial charge is 0.507 e. The monoisotopic (exact) mass is 316 g/mol. The van der Waals surface area contributed by atoms with E-state index in [1.807, 2.05) is 47.6 Å². The highest BCUT2D eigenvalue weighted by Gasteiger charge is 2.16. The molecule has 0 bridgehead atoms. The summed E-state index contributed by atoms with van der Waals surface area (Å²) in [5, 5.41) is 17.3. The molecule has 118 valence electrons. The van der Waals surface area contributed by atoms with E-state index in [2.05, 4.69) is 21.1 Å². The van der Waals surface area contributed by atoms with Crippen molar-refractivity contribution in [3.8, 4) is 5.75 Å². The van der Waals surface area contributed by atoms with E-state index in [0.29, 0.717) is 5.56 Å². The lowest BCUT2D eigenvalue weighted by atomic mass is 10.2. The lowest BCUT2D eigenvalue weighted by molar-refractivity contribution is 0.474. The molecular weight excluding hydrogens is 300 g/mol. The Hall–Kier alpha value is -3.21. The van der Waals surface area contributed by atoms with Crippen molar-refractivity contribution in [3.05, 3.63) is 66.4 Å². The summed E-state index contributed by atoms with van der Waals surface area (Å²) in [5.41, 5.74) is 2.62. The van der Waals surface area contributed by atoms with Gasteiger partial charge < -0.3 is 5.11 Å². The molecule has 0 unspecified atom stereocenters. The van der Waals surface area contributed by atoms with E-state index in [0.717, 1.165) is 35.4 Å². The van der Waals surface area contributed by atoms with Crippen LogP contribution in [0.5, 0.6) is 5.75 Å². The van der Waals surface area contributed by atoms with E-state index in [4.69, 9.17) is 0 Å². The molecule has 1 aliphatic rings. The van der Waals surface area contributed by atoms with Gasteiger partial charge in [0.25, 0.3) is 0 Å². The van der Waals surface area contributed by atoms with Gasteiger partial charge in [-0.1, -0.05) is 30.3 Å². The first-order valence-corrected chi connectivity index (χ1v) is 7.81. The second-order valence-corrected chi connectivity index (χ2v) is 5.59. The lowest BCUT2D eigenvalue weighted by Crippen LogP contribution is -2.11. The van der Waals surface area contributed by atoms with Crippen LogP contribution in [-0.2, 0) is 0 Å². The van der Waals surface area contributed by atoms with Crippen molar-refractivity contribution in [1.82, 2.24) is 4.98 Å². The summed E-state index contributed by atoms with van der Waals surface area (Å²) in [4.78, 5) is 8.87. The summed E-state index contributed by atoms with van der Waals surface area (Å²) < 4.78 is 0. The van der Waals surface area contributed by atoms with Crippen molar-refractivity contribution >= 4 is 28.6 Å². The molecule has 0 atom stereocenters. The van der Waals surface area contributed by atoms with Crippen LogP contribution in [0.15, 0.2) is 70.9 Å². The Labute approximate surface area is 139 Å². The van der Waals surface area contributed by atoms with E-state index in [-0.39, 0.29) is 5.75 Å². The third-order valence-corrected chi connectivity index (χ3v) is 3.95. The maximum Gasteiger partial charge on any atom is 0.150 e. The van der Waals surface area contributed by atoms with Gasteiger partial charge in [-0.3, -0.25) is 9.99 Å². The molecule has 5 heteroatoms. The smallest absolute Gasteiger partial charge is 0.150 e. The van der Waals surface area contributed by atoms with Crippen LogP contribution in [-0.4, -0.2) is 28.7 Å². The fourth-order valence-electron chi connectivity index (χ4n) is 2.66. The second-order valence-electron chi connectivity index (χ2n) is 5.59. The quantitative estimate of drug-likeness (QED) is 0.735. The van der Waals surface area contributed by atoms with Gasteiger partial charge in [0, 0.05) is 30.1 Å². The van der Waals surface area contributed by atoms with Gasteiger partial charge in [0.1, 0.15) is 5.75 Å². The Kier molecular flexibility index (Phi) is 3.67. The zero-order chi connectivity index (χ0) is 16.4. The third kappa shape index (κ3) is 2.84. The van der Waals surface area contributed by atoms with Crippen LogP contribution in [0.4, 0.5) is 5.69 Å². The number of amidine groups is 1. The molecule has 0 radical (unpaired) electrons. The molecule has 5 nitrogen and oxygen atoms in total. The van der Waals surface area contributed by atoms with Crippen molar-refractivity contribution < 1.29 is 5.11 Å². The number of aromatic hydroxyl groups is 1. The summed E-state index contributed by atoms with van der Waals surface area (Å²) in [6.07, 6.45) is 4.24. The second kappa shape index (κ2) is 6.12. The van der Waals surface area contributed by atoms with Crippen LogP contribution in [0.2, 0.25) is 0 Å². The molecule has 0 spiro atoms. The maximum absolute atomic E-state index is 9.77. The van der Waals surface area contributed by atoms with E-state index >= 15 is 0 Å². The van der Waals surface area contributed by atoms with Crippen molar-refractivity contribution in [2.45, 2.75) is 6.42 Å². The molecule has 3 aromatic rings. The number of rotatable bonds is 2. The Balaban J connectivity index is 1.56. The highest BCUT2D eigenvalue weighted by Crippen LogP contribution is 2.23. The van der Waals surface area contributed by atoms with E-state index in [1.165, 1.54) is 0 Å². The van der Waals surface area contributed by atoms with Gasteiger partial charge in [-0.2, -0.15) is 5.10 Å². The van der Waals surface area contributed by atoms with Crippen LogP contribution < -0.4 is 5.01 Å². The highest BCUT2D eigenvalue weighted by atomic mass is 16.3. The topological polar surface area (TPSA) is 61.1 Å². The fourth-order valence-corrected chi connectivity index (χ4v) is 2.66. The minimum Gasteiger partial charge on any atom is -0.507 e. The number of aromatic nitrogens is 1. The molecule has 1 N–H and O–H groups in total. The molecule has 0 amide bonds. The van der Waals surface area contributed by atoms with Gasteiger partial charge in [0.15, 0.2) is 5.84 Å². The van der Waals surface area contributed by atoms with Crippen molar-refractivity contribution in [2.24, 2.45) is 10.1 Å². The van der Waals surface area contributed by atoms with Gasteiger partial charge in [-0.25, -0.2) is 4.99 Å². The maximum atomic E-state index is 9.77. The van der Waals surface area contributed by atoms with Crippen LogP contribution in [0.3, 0.4) is 0 Å². The van der Waals surface area contributed by atoms with Crippen LogP contribution in [0.25, 0.3) is 10.9 Å². The van der Waals surface area contributed by atoms with E-state index in [9.17, 15) is 5.11 Å². The number of phenols is 1. The zero-order valence-electron chi connectivity index (χ0n) is 13.0. The predicted octanol–water partition coefficient (Wildman–Crippen LogP) is 3.58. The highest BCUT2D eigenvalue weighted by molar-refractivity contribution is 5.97. The molecule has 1 aliphatic heterocycles. The first kappa shape index (κ1) is 14.4. The molecule has 0 aliphatic carbocycles. The first-order valence-electron chi connectivity index (χ1n) is 7.81. The summed E-state index contributed by atoms with van der Waals surface area (Å²) in [5.74, 6) is 0.960. The molecule has 4 rings (SSSR count).